The number of halogens is 6. The molecule has 0 aromatic heterocycles. The average Bonchev–Trinajstić information content (AvgIpc) is 2.23. The van der Waals surface area contributed by atoms with Gasteiger partial charge in [0.2, 0.25) is 0 Å². The second-order valence-electron chi connectivity index (χ2n) is 4.75. The molecule has 0 aromatic carbocycles. The van der Waals surface area contributed by atoms with Crippen LogP contribution in [0.5, 0.6) is 0 Å². The molecule has 3 nitrogen and oxygen atoms in total. The minimum absolute atomic E-state index is 0.180. The van der Waals surface area contributed by atoms with Crippen molar-refractivity contribution in [3.8, 4) is 0 Å². The molecule has 0 aliphatic heterocycles. The number of carbonyl (C=O) groups excluding carboxylic acids is 1. The van der Waals surface area contributed by atoms with E-state index in [-0.39, 0.29) is 13.3 Å². The molecular weight excluding hydrogens is 294 g/mol. The zero-order valence-electron chi connectivity index (χ0n) is 11.1. The van der Waals surface area contributed by atoms with Crippen LogP contribution in [-0.4, -0.2) is 35.1 Å². The van der Waals surface area contributed by atoms with E-state index >= 15 is 0 Å². The number of ether oxygens (including phenoxy) is 1. The predicted octanol–water partition coefficient (Wildman–Crippen LogP) is 3.21. The zero-order valence-corrected chi connectivity index (χ0v) is 11.1. The standard InChI is InChI=1S/C11H16F6O3/c1-4-6(2)8(18)20-7(10(12,13)14)5-9(3,19)11(15,16)17/h6-7,19H,4-5H2,1-3H3. The Hall–Kier alpha value is -0.990. The summed E-state index contributed by atoms with van der Waals surface area (Å²) in [5.74, 6) is -2.14. The summed E-state index contributed by atoms with van der Waals surface area (Å²) in [5, 5.41) is 9.08. The summed E-state index contributed by atoms with van der Waals surface area (Å²) >= 11 is 0. The van der Waals surface area contributed by atoms with E-state index in [4.69, 9.17) is 5.11 Å². The van der Waals surface area contributed by atoms with Gasteiger partial charge in [-0.25, -0.2) is 0 Å². The number of esters is 1. The molecule has 0 aliphatic carbocycles. The summed E-state index contributed by atoms with van der Waals surface area (Å²) in [6, 6.07) is 0. The SMILES string of the molecule is CCC(C)C(=O)OC(CC(C)(O)C(F)(F)F)C(F)(F)F. The average molecular weight is 310 g/mol. The maximum absolute atomic E-state index is 12.6. The van der Waals surface area contributed by atoms with Crippen molar-refractivity contribution in [2.45, 2.75) is 57.7 Å². The van der Waals surface area contributed by atoms with Crippen LogP contribution in [0.1, 0.15) is 33.6 Å². The van der Waals surface area contributed by atoms with E-state index in [2.05, 4.69) is 4.74 Å². The van der Waals surface area contributed by atoms with E-state index in [1.165, 1.54) is 13.8 Å². The molecule has 0 heterocycles. The Bertz CT molecular complexity index is 334. The van der Waals surface area contributed by atoms with E-state index in [9.17, 15) is 31.1 Å². The molecule has 0 bridgehead atoms. The molecule has 0 fully saturated rings. The predicted molar refractivity (Wildman–Crippen MR) is 56.7 cm³/mol. The summed E-state index contributed by atoms with van der Waals surface area (Å²) in [5.41, 5.74) is -3.61. The molecule has 120 valence electrons. The van der Waals surface area contributed by atoms with Crippen LogP contribution >= 0.6 is 0 Å². The third-order valence-electron chi connectivity index (χ3n) is 2.83. The highest BCUT2D eigenvalue weighted by Gasteiger charge is 2.56. The molecule has 0 aromatic rings. The number of hydrogen-bond acceptors (Lipinski definition) is 3. The van der Waals surface area contributed by atoms with Crippen molar-refractivity contribution in [3.63, 3.8) is 0 Å². The normalized spacial score (nSPS) is 19.1. The van der Waals surface area contributed by atoms with Crippen LogP contribution in [0.25, 0.3) is 0 Å². The van der Waals surface area contributed by atoms with E-state index in [0.717, 1.165) is 0 Å². The smallest absolute Gasteiger partial charge is 0.425 e. The Balaban J connectivity index is 5.08. The van der Waals surface area contributed by atoms with Gasteiger partial charge in [0.05, 0.1) is 5.92 Å². The van der Waals surface area contributed by atoms with Crippen molar-refractivity contribution in [2.24, 2.45) is 5.92 Å². The molecule has 0 saturated heterocycles. The fraction of sp³-hybridized carbons (Fsp3) is 0.909. The van der Waals surface area contributed by atoms with Crippen molar-refractivity contribution in [2.75, 3.05) is 0 Å². The zero-order chi connectivity index (χ0) is 16.4. The highest BCUT2D eigenvalue weighted by molar-refractivity contribution is 5.72. The minimum Gasteiger partial charge on any atom is -0.452 e. The molecule has 0 saturated carbocycles. The van der Waals surface area contributed by atoms with E-state index in [1.807, 2.05) is 0 Å². The van der Waals surface area contributed by atoms with Gasteiger partial charge in [-0.3, -0.25) is 4.79 Å². The lowest BCUT2D eigenvalue weighted by Gasteiger charge is -2.31. The topological polar surface area (TPSA) is 46.5 Å². The van der Waals surface area contributed by atoms with Crippen molar-refractivity contribution in [3.05, 3.63) is 0 Å². The quantitative estimate of drug-likeness (QED) is 0.626. The molecule has 3 unspecified atom stereocenters. The first-order valence-electron chi connectivity index (χ1n) is 5.78. The van der Waals surface area contributed by atoms with Gasteiger partial charge in [0.25, 0.3) is 0 Å². The second-order valence-corrected chi connectivity index (χ2v) is 4.75. The van der Waals surface area contributed by atoms with Crippen molar-refractivity contribution in [1.82, 2.24) is 0 Å². The van der Waals surface area contributed by atoms with Gasteiger partial charge in [0.15, 0.2) is 11.7 Å². The lowest BCUT2D eigenvalue weighted by molar-refractivity contribution is -0.284. The molecule has 3 atom stereocenters. The lowest BCUT2D eigenvalue weighted by Crippen LogP contribution is -2.49. The summed E-state index contributed by atoms with van der Waals surface area (Å²) in [6.45, 7) is 3.00. The van der Waals surface area contributed by atoms with Gasteiger partial charge in [0, 0.05) is 6.42 Å². The molecule has 1 N–H and O–H groups in total. The molecule has 0 aliphatic rings. The third kappa shape index (κ3) is 5.18. The van der Waals surface area contributed by atoms with Gasteiger partial charge in [-0.2, -0.15) is 26.3 Å². The number of alkyl halides is 6. The van der Waals surface area contributed by atoms with Crippen LogP contribution < -0.4 is 0 Å². The molecular formula is C11H16F6O3. The summed E-state index contributed by atoms with van der Waals surface area (Å²) in [4.78, 5) is 11.3. The first kappa shape index (κ1) is 19.0. The van der Waals surface area contributed by atoms with Gasteiger partial charge in [0.1, 0.15) is 0 Å². The van der Waals surface area contributed by atoms with Crippen LogP contribution in [0.4, 0.5) is 26.3 Å². The second kappa shape index (κ2) is 6.19. The fourth-order valence-electron chi connectivity index (χ4n) is 1.12. The van der Waals surface area contributed by atoms with Crippen molar-refractivity contribution in [1.29, 1.82) is 0 Å². The number of aliphatic hydroxyl groups is 1. The molecule has 0 radical (unpaired) electrons. The Morgan fingerprint density at radius 3 is 1.95 bits per heavy atom. The number of hydrogen-bond donors (Lipinski definition) is 1. The molecule has 0 rings (SSSR count). The van der Waals surface area contributed by atoms with Crippen LogP contribution in [0.15, 0.2) is 0 Å². The summed E-state index contributed by atoms with van der Waals surface area (Å²) in [6.07, 6.45) is -15.1. The Morgan fingerprint density at radius 2 is 1.65 bits per heavy atom. The Kier molecular flexibility index (Phi) is 5.89. The first-order valence-corrected chi connectivity index (χ1v) is 5.78. The van der Waals surface area contributed by atoms with Gasteiger partial charge in [-0.1, -0.05) is 13.8 Å². The van der Waals surface area contributed by atoms with E-state index in [1.54, 1.807) is 0 Å². The molecule has 0 amide bonds. The lowest BCUT2D eigenvalue weighted by atomic mass is 9.97. The highest BCUT2D eigenvalue weighted by Crippen LogP contribution is 2.38. The van der Waals surface area contributed by atoms with Gasteiger partial charge in [-0.05, 0) is 13.3 Å². The van der Waals surface area contributed by atoms with E-state index < -0.39 is 42.4 Å². The van der Waals surface area contributed by atoms with Crippen LogP contribution in [0.3, 0.4) is 0 Å². The largest absolute Gasteiger partial charge is 0.452 e. The Morgan fingerprint density at radius 1 is 1.20 bits per heavy atom. The van der Waals surface area contributed by atoms with Crippen molar-refractivity contribution >= 4 is 5.97 Å². The summed E-state index contributed by atoms with van der Waals surface area (Å²) in [7, 11) is 0. The van der Waals surface area contributed by atoms with Crippen molar-refractivity contribution < 1.29 is 41.0 Å². The third-order valence-corrected chi connectivity index (χ3v) is 2.83. The van der Waals surface area contributed by atoms with Gasteiger partial charge < -0.3 is 9.84 Å². The number of rotatable bonds is 5. The van der Waals surface area contributed by atoms with Crippen LogP contribution in [0, 0.1) is 5.92 Å². The fourth-order valence-corrected chi connectivity index (χ4v) is 1.12. The molecule has 9 heteroatoms. The summed E-state index contributed by atoms with van der Waals surface area (Å²) < 4.78 is 79.1. The number of carbonyl (C=O) groups is 1. The maximum atomic E-state index is 12.6. The minimum atomic E-state index is -5.26. The monoisotopic (exact) mass is 310 g/mol. The first-order chi connectivity index (χ1) is 8.72. The van der Waals surface area contributed by atoms with Crippen LogP contribution in [-0.2, 0) is 9.53 Å². The van der Waals surface area contributed by atoms with E-state index in [0.29, 0.717) is 0 Å². The molecule has 20 heavy (non-hydrogen) atoms. The van der Waals surface area contributed by atoms with Gasteiger partial charge >= 0.3 is 18.3 Å². The van der Waals surface area contributed by atoms with Gasteiger partial charge in [-0.15, -0.1) is 0 Å². The van der Waals surface area contributed by atoms with Crippen LogP contribution in [0.2, 0.25) is 0 Å². The Labute approximate surface area is 111 Å². The highest BCUT2D eigenvalue weighted by atomic mass is 19.4. The maximum Gasteiger partial charge on any atom is 0.425 e. The molecule has 0 spiro atoms.